The van der Waals surface area contributed by atoms with E-state index < -0.39 is 12.2 Å². The Morgan fingerprint density at radius 1 is 0.974 bits per heavy atom. The summed E-state index contributed by atoms with van der Waals surface area (Å²) in [5.74, 6) is 1.51. The van der Waals surface area contributed by atoms with Crippen molar-refractivity contribution in [3.05, 3.63) is 59.7 Å². The summed E-state index contributed by atoms with van der Waals surface area (Å²) in [5, 5.41) is 6.22. The van der Waals surface area contributed by atoms with Gasteiger partial charge >= 0.3 is 6.03 Å². The number of ether oxygens (including phenoxy) is 2. The highest BCUT2D eigenvalue weighted by atomic mass is 16.5. The van der Waals surface area contributed by atoms with Crippen molar-refractivity contribution in [2.45, 2.75) is 45.4 Å². The van der Waals surface area contributed by atoms with Crippen LogP contribution in [0.2, 0.25) is 0 Å². The minimum Gasteiger partial charge on any atom is -0.497 e. The maximum absolute atomic E-state index is 13.7. The second-order valence-electron chi connectivity index (χ2n) is 10.5. The molecule has 0 saturated carbocycles. The van der Waals surface area contributed by atoms with Gasteiger partial charge in [-0.2, -0.15) is 0 Å². The van der Waals surface area contributed by atoms with Crippen molar-refractivity contribution in [3.8, 4) is 11.5 Å². The number of nitrogens with zero attached hydrogens (tertiary/aromatic N) is 4. The number of methoxy groups -OCH3 is 2. The van der Waals surface area contributed by atoms with Crippen LogP contribution in [0.25, 0.3) is 0 Å². The summed E-state index contributed by atoms with van der Waals surface area (Å²) in [7, 11) is 4.97. The topological polar surface area (TPSA) is 94.7 Å². The van der Waals surface area contributed by atoms with E-state index in [0.29, 0.717) is 25.9 Å². The number of likely N-dealkylation sites (N-methyl/N-ethyl adjacent to an activating group) is 1. The van der Waals surface area contributed by atoms with Crippen molar-refractivity contribution in [1.82, 2.24) is 25.1 Å². The van der Waals surface area contributed by atoms with Gasteiger partial charge in [-0.05, 0) is 54.2 Å². The van der Waals surface area contributed by atoms with E-state index >= 15 is 0 Å². The lowest BCUT2D eigenvalue weighted by Crippen LogP contribution is -2.76. The molecule has 2 saturated heterocycles. The molecule has 2 aromatic rings. The Labute approximate surface area is 230 Å². The van der Waals surface area contributed by atoms with Gasteiger partial charge in [-0.3, -0.25) is 9.59 Å². The van der Waals surface area contributed by atoms with E-state index in [4.69, 9.17) is 9.47 Å². The first-order chi connectivity index (χ1) is 18.7. The number of carbonyl (C=O) groups excluding carboxylic acids is 3. The van der Waals surface area contributed by atoms with Crippen molar-refractivity contribution < 1.29 is 23.9 Å². The molecule has 0 aromatic heterocycles. The van der Waals surface area contributed by atoms with Crippen LogP contribution in [0.5, 0.6) is 11.5 Å². The Bertz CT molecular complexity index is 1150. The van der Waals surface area contributed by atoms with Crippen LogP contribution in [0.3, 0.4) is 0 Å². The highest BCUT2D eigenvalue weighted by Crippen LogP contribution is 2.29. The van der Waals surface area contributed by atoms with Crippen LogP contribution in [0, 0.1) is 5.92 Å². The maximum atomic E-state index is 13.7. The van der Waals surface area contributed by atoms with Gasteiger partial charge in [0.25, 0.3) is 0 Å². The second-order valence-corrected chi connectivity index (χ2v) is 10.5. The zero-order valence-electron chi connectivity index (χ0n) is 23.4. The summed E-state index contributed by atoms with van der Waals surface area (Å²) in [4.78, 5) is 43.9. The molecular formula is C29H39N5O5. The Morgan fingerprint density at radius 2 is 1.56 bits per heavy atom. The van der Waals surface area contributed by atoms with Gasteiger partial charge in [0.15, 0.2) is 0 Å². The molecular weight excluding hydrogens is 498 g/mol. The van der Waals surface area contributed by atoms with Crippen LogP contribution in [0.1, 0.15) is 31.4 Å². The quantitative estimate of drug-likeness (QED) is 0.529. The third-order valence-corrected chi connectivity index (χ3v) is 7.27. The molecule has 0 spiro atoms. The minimum absolute atomic E-state index is 0.0280. The number of hydrogen-bond acceptors (Lipinski definition) is 6. The van der Waals surface area contributed by atoms with Crippen LogP contribution in [-0.4, -0.2) is 90.8 Å². The van der Waals surface area contributed by atoms with Crippen LogP contribution in [0.15, 0.2) is 48.5 Å². The standard InChI is InChI=1S/C29H39N5O5/c1-20(2)16-25-28(36)32(15-14-21-6-10-23(38-4)11-7-21)18-26-33(25)27(35)19-31(3)34(26)29(37)30-17-22-8-12-24(39-5)13-9-22/h6-13,20,25-26H,14-19H2,1-5H3,(H,30,37)/t25-,26-/m0/s1. The Morgan fingerprint density at radius 3 is 2.13 bits per heavy atom. The summed E-state index contributed by atoms with van der Waals surface area (Å²) in [6.45, 7) is 5.17. The van der Waals surface area contributed by atoms with E-state index in [2.05, 4.69) is 5.32 Å². The minimum atomic E-state index is -0.613. The Balaban J connectivity index is 1.53. The molecule has 10 nitrogen and oxygen atoms in total. The lowest BCUT2D eigenvalue weighted by Gasteiger charge is -2.54. The van der Waals surface area contributed by atoms with Gasteiger partial charge in [-0.15, -0.1) is 0 Å². The molecule has 0 aliphatic carbocycles. The summed E-state index contributed by atoms with van der Waals surface area (Å²) >= 11 is 0. The van der Waals surface area contributed by atoms with Crippen molar-refractivity contribution >= 4 is 17.8 Å². The van der Waals surface area contributed by atoms with Gasteiger partial charge < -0.3 is 24.6 Å². The number of urea groups is 1. The van der Waals surface area contributed by atoms with Gasteiger partial charge in [0, 0.05) is 20.1 Å². The SMILES string of the molecule is COc1ccc(CCN2C[C@H]3N(C(=O)CN(C)N3C(=O)NCc3ccc(OC)cc3)[C@@H](CC(C)C)C2=O)cc1. The number of amides is 4. The zero-order valence-corrected chi connectivity index (χ0v) is 23.4. The third kappa shape index (κ3) is 6.44. The molecule has 4 amide bonds. The first kappa shape index (κ1) is 28.2. The first-order valence-corrected chi connectivity index (χ1v) is 13.4. The normalized spacial score (nSPS) is 19.8. The fraction of sp³-hybridized carbons (Fsp3) is 0.483. The van der Waals surface area contributed by atoms with E-state index in [1.165, 1.54) is 0 Å². The van der Waals surface area contributed by atoms with Crippen LogP contribution >= 0.6 is 0 Å². The average molecular weight is 538 g/mol. The molecule has 0 unspecified atom stereocenters. The molecule has 210 valence electrons. The largest absolute Gasteiger partial charge is 0.497 e. The lowest BCUT2D eigenvalue weighted by molar-refractivity contribution is -0.187. The monoisotopic (exact) mass is 537 g/mol. The molecule has 39 heavy (non-hydrogen) atoms. The molecule has 1 N–H and O–H groups in total. The van der Waals surface area contributed by atoms with Gasteiger partial charge in [0.05, 0.1) is 27.3 Å². The summed E-state index contributed by atoms with van der Waals surface area (Å²) in [6, 6.07) is 14.3. The molecule has 2 atom stereocenters. The highest BCUT2D eigenvalue weighted by Gasteiger charge is 2.50. The van der Waals surface area contributed by atoms with Crippen LogP contribution in [-0.2, 0) is 22.6 Å². The Kier molecular flexibility index (Phi) is 8.96. The van der Waals surface area contributed by atoms with Gasteiger partial charge in [-0.1, -0.05) is 38.1 Å². The number of carbonyl (C=O) groups is 3. The molecule has 2 fully saturated rings. The molecule has 0 radical (unpaired) electrons. The third-order valence-electron chi connectivity index (χ3n) is 7.27. The van der Waals surface area contributed by atoms with E-state index in [9.17, 15) is 14.4 Å². The lowest BCUT2D eigenvalue weighted by atomic mass is 9.96. The predicted octanol–water partition coefficient (Wildman–Crippen LogP) is 2.73. The van der Waals surface area contributed by atoms with Gasteiger partial charge in [0.1, 0.15) is 23.7 Å². The van der Waals surface area contributed by atoms with Gasteiger partial charge in [-0.25, -0.2) is 14.8 Å². The molecule has 2 aliphatic rings. The molecule has 2 heterocycles. The van der Waals surface area contributed by atoms with Crippen molar-refractivity contribution in [3.63, 3.8) is 0 Å². The Hall–Kier alpha value is -3.79. The van der Waals surface area contributed by atoms with Crippen LogP contribution < -0.4 is 14.8 Å². The fourth-order valence-corrected chi connectivity index (χ4v) is 5.24. The van der Waals surface area contributed by atoms with Crippen molar-refractivity contribution in [2.24, 2.45) is 5.92 Å². The van der Waals surface area contributed by atoms with Crippen molar-refractivity contribution in [2.75, 3.05) is 40.9 Å². The van der Waals surface area contributed by atoms with E-state index in [1.807, 2.05) is 62.4 Å². The number of rotatable bonds is 9. The van der Waals surface area contributed by atoms with Gasteiger partial charge in [0.2, 0.25) is 11.8 Å². The van der Waals surface area contributed by atoms with E-state index in [-0.39, 0.29) is 36.9 Å². The maximum Gasteiger partial charge on any atom is 0.334 e. The van der Waals surface area contributed by atoms with E-state index in [0.717, 1.165) is 22.6 Å². The van der Waals surface area contributed by atoms with E-state index in [1.54, 1.807) is 41.1 Å². The molecule has 10 heteroatoms. The molecule has 0 bridgehead atoms. The summed E-state index contributed by atoms with van der Waals surface area (Å²) in [5.41, 5.74) is 2.01. The molecule has 2 aliphatic heterocycles. The molecule has 2 aromatic carbocycles. The summed E-state index contributed by atoms with van der Waals surface area (Å²) < 4.78 is 10.5. The number of fused-ring (bicyclic) bond motifs is 1. The highest BCUT2D eigenvalue weighted by molar-refractivity contribution is 5.91. The number of nitrogens with one attached hydrogen (secondary N) is 1. The smallest absolute Gasteiger partial charge is 0.334 e. The molecule has 4 rings (SSSR count). The number of hydrogen-bond donors (Lipinski definition) is 1. The first-order valence-electron chi connectivity index (χ1n) is 13.4. The van der Waals surface area contributed by atoms with Crippen molar-refractivity contribution in [1.29, 1.82) is 0 Å². The number of benzene rings is 2. The second kappa shape index (κ2) is 12.4. The predicted molar refractivity (Wildman–Crippen MR) is 147 cm³/mol. The zero-order chi connectivity index (χ0) is 28.1. The van der Waals surface area contributed by atoms with Crippen LogP contribution in [0.4, 0.5) is 4.79 Å². The average Bonchev–Trinajstić information content (AvgIpc) is 2.92. The summed E-state index contributed by atoms with van der Waals surface area (Å²) in [6.07, 6.45) is 0.597. The number of hydrazine groups is 1. The number of piperazine rings is 1. The fourth-order valence-electron chi connectivity index (χ4n) is 5.24.